The molecule has 2 aliphatic heterocycles. The van der Waals surface area contributed by atoms with Gasteiger partial charge in [0, 0.05) is 43.3 Å². The van der Waals surface area contributed by atoms with Gasteiger partial charge in [-0.1, -0.05) is 60.7 Å². The van der Waals surface area contributed by atoms with Crippen LogP contribution >= 0.6 is 0 Å². The molecule has 4 amide bonds. The zero-order chi connectivity index (χ0) is 33.7. The molecule has 1 fully saturated rings. The second kappa shape index (κ2) is 14.1. The van der Waals surface area contributed by atoms with Gasteiger partial charge in [0.15, 0.2) is 0 Å². The molecule has 2 heterocycles. The lowest BCUT2D eigenvalue weighted by Crippen LogP contribution is -2.54. The van der Waals surface area contributed by atoms with Crippen molar-refractivity contribution < 1.29 is 33.8 Å². The van der Waals surface area contributed by atoms with E-state index in [9.17, 15) is 24.3 Å². The number of benzene rings is 3. The van der Waals surface area contributed by atoms with Crippen LogP contribution in [0.25, 0.3) is 0 Å². The van der Waals surface area contributed by atoms with Crippen molar-refractivity contribution in [3.8, 4) is 5.75 Å². The molecule has 0 aromatic heterocycles. The van der Waals surface area contributed by atoms with Crippen LogP contribution < -0.4 is 15.0 Å². The van der Waals surface area contributed by atoms with E-state index in [1.807, 2.05) is 81.4 Å². The largest absolute Gasteiger partial charge is 0.471 e. The highest BCUT2D eigenvalue weighted by molar-refractivity contribution is 6.05. The van der Waals surface area contributed by atoms with Crippen LogP contribution in [0.1, 0.15) is 60.7 Å². The van der Waals surface area contributed by atoms with Crippen LogP contribution in [0.5, 0.6) is 5.75 Å². The number of amides is 4. The summed E-state index contributed by atoms with van der Waals surface area (Å²) in [6.45, 7) is 8.34. The third-order valence-electron chi connectivity index (χ3n) is 8.79. The van der Waals surface area contributed by atoms with Crippen molar-refractivity contribution in [2.75, 3.05) is 31.1 Å². The Morgan fingerprint density at radius 3 is 2.43 bits per heavy atom. The van der Waals surface area contributed by atoms with Crippen molar-refractivity contribution in [3.05, 3.63) is 95.1 Å². The molecule has 3 aromatic carbocycles. The van der Waals surface area contributed by atoms with Crippen molar-refractivity contribution in [1.29, 1.82) is 0 Å². The maximum absolute atomic E-state index is 14.3. The van der Waals surface area contributed by atoms with Crippen molar-refractivity contribution in [2.45, 2.75) is 64.8 Å². The Morgan fingerprint density at radius 2 is 1.77 bits per heavy atom. The van der Waals surface area contributed by atoms with Crippen molar-refractivity contribution in [2.24, 2.45) is 0 Å². The van der Waals surface area contributed by atoms with Gasteiger partial charge in [-0.05, 0) is 63.8 Å². The van der Waals surface area contributed by atoms with Crippen LogP contribution in [-0.4, -0.2) is 77.2 Å². The smallest absolute Gasteiger partial charge is 0.407 e. The third kappa shape index (κ3) is 7.19. The maximum atomic E-state index is 14.3. The summed E-state index contributed by atoms with van der Waals surface area (Å²) in [5.41, 5.74) is 1.64. The molecule has 11 nitrogen and oxygen atoms in total. The number of fused-ring (bicyclic) bond motifs is 1. The van der Waals surface area contributed by atoms with E-state index in [2.05, 4.69) is 5.32 Å². The first kappa shape index (κ1) is 33.3. The Hall–Kier alpha value is -5.06. The summed E-state index contributed by atoms with van der Waals surface area (Å²) in [6.07, 6.45) is -0.268. The molecule has 2 N–H and O–H groups in total. The molecule has 2 aliphatic rings. The lowest BCUT2D eigenvalue weighted by molar-refractivity contribution is -0.135. The van der Waals surface area contributed by atoms with Gasteiger partial charge < -0.3 is 34.6 Å². The van der Waals surface area contributed by atoms with Crippen molar-refractivity contribution in [3.63, 3.8) is 0 Å². The average Bonchev–Trinajstić information content (AvgIpc) is 3.06. The van der Waals surface area contributed by atoms with E-state index >= 15 is 0 Å². The van der Waals surface area contributed by atoms with Crippen LogP contribution in [0.4, 0.5) is 15.3 Å². The number of anilines is 1. The Bertz CT molecular complexity index is 1610. The SMILES string of the molecule is Cc1cc2c(cc1C(=O)N(C(C)C)[C@@H]1CCCN(C(=O)O)C1)N(CCNC(=O)OCc1ccccc1)C(=O)C(C)(c1ccccc1)O2. The monoisotopic (exact) mass is 642 g/mol. The van der Waals surface area contributed by atoms with Crippen molar-refractivity contribution in [1.82, 2.24) is 15.1 Å². The van der Waals surface area contributed by atoms with Crippen LogP contribution in [-0.2, 0) is 21.7 Å². The van der Waals surface area contributed by atoms with E-state index in [-0.39, 0.29) is 50.1 Å². The summed E-state index contributed by atoms with van der Waals surface area (Å²) in [4.78, 5) is 57.4. The number of rotatable bonds is 9. The fourth-order valence-electron chi connectivity index (χ4n) is 6.34. The molecule has 1 saturated heterocycles. The van der Waals surface area contributed by atoms with E-state index in [0.717, 1.165) is 5.56 Å². The minimum atomic E-state index is -1.35. The number of nitrogens with zero attached hydrogens (tertiary/aromatic N) is 3. The molecule has 0 saturated carbocycles. The normalized spacial score (nSPS) is 19.1. The molecule has 0 spiro atoms. The molecular formula is C36H42N4O7. The molecule has 0 radical (unpaired) electrons. The summed E-state index contributed by atoms with van der Waals surface area (Å²) < 4.78 is 11.8. The number of hydrogen-bond donors (Lipinski definition) is 2. The maximum Gasteiger partial charge on any atom is 0.407 e. The number of carbonyl (C=O) groups is 4. The minimum Gasteiger partial charge on any atom is -0.471 e. The molecule has 3 aromatic rings. The van der Waals surface area contributed by atoms with Gasteiger partial charge >= 0.3 is 12.2 Å². The van der Waals surface area contributed by atoms with Gasteiger partial charge in [-0.3, -0.25) is 9.59 Å². The summed E-state index contributed by atoms with van der Waals surface area (Å²) in [5.74, 6) is -0.158. The first-order valence-corrected chi connectivity index (χ1v) is 16.0. The van der Waals surface area contributed by atoms with Gasteiger partial charge in [0.1, 0.15) is 12.4 Å². The molecule has 248 valence electrons. The van der Waals surface area contributed by atoms with Crippen LogP contribution in [0.2, 0.25) is 0 Å². The second-order valence-electron chi connectivity index (χ2n) is 12.4. The van der Waals surface area contributed by atoms with Gasteiger partial charge in [-0.15, -0.1) is 0 Å². The van der Waals surface area contributed by atoms with Gasteiger partial charge in [0.2, 0.25) is 5.60 Å². The number of nitrogens with one attached hydrogen (secondary N) is 1. The average molecular weight is 643 g/mol. The molecule has 0 bridgehead atoms. The van der Waals surface area contributed by atoms with Gasteiger partial charge in [0.25, 0.3) is 11.8 Å². The standard InChI is InChI=1S/C36H42N4O7/c1-24(2)40(28-16-11-18-38(22-28)35(44)45)32(41)29-21-30-31(20-25(29)3)47-36(4,27-14-9-6-10-15-27)33(42)39(30)19-17-37-34(43)46-23-26-12-7-5-8-13-26/h5-10,12-15,20-21,24,28H,11,16-19,22-23H2,1-4H3,(H,37,43)(H,44,45)/t28-,36?/m1/s1. The number of ether oxygens (including phenoxy) is 2. The van der Waals surface area contributed by atoms with E-state index in [1.54, 1.807) is 28.9 Å². The molecular weight excluding hydrogens is 600 g/mol. The summed E-state index contributed by atoms with van der Waals surface area (Å²) in [5, 5.41) is 12.3. The summed E-state index contributed by atoms with van der Waals surface area (Å²) in [7, 11) is 0. The lowest BCUT2D eigenvalue weighted by Gasteiger charge is -2.42. The Morgan fingerprint density at radius 1 is 1.09 bits per heavy atom. The second-order valence-corrected chi connectivity index (χ2v) is 12.4. The van der Waals surface area contributed by atoms with Crippen molar-refractivity contribution >= 4 is 29.7 Å². The van der Waals surface area contributed by atoms with E-state index in [4.69, 9.17) is 9.47 Å². The van der Waals surface area contributed by atoms with Crippen LogP contribution in [0.3, 0.4) is 0 Å². The van der Waals surface area contributed by atoms with E-state index in [1.165, 1.54) is 4.90 Å². The summed E-state index contributed by atoms with van der Waals surface area (Å²) in [6, 6.07) is 21.5. The fourth-order valence-corrected chi connectivity index (χ4v) is 6.34. The number of aryl methyl sites for hydroxylation is 1. The highest BCUT2D eigenvalue weighted by atomic mass is 16.5. The quantitative estimate of drug-likeness (QED) is 0.313. The Labute approximate surface area is 275 Å². The number of hydrogen-bond acceptors (Lipinski definition) is 6. The highest BCUT2D eigenvalue weighted by Crippen LogP contribution is 2.44. The zero-order valence-corrected chi connectivity index (χ0v) is 27.3. The summed E-state index contributed by atoms with van der Waals surface area (Å²) >= 11 is 0. The van der Waals surface area contributed by atoms with Gasteiger partial charge in [-0.2, -0.15) is 0 Å². The first-order chi connectivity index (χ1) is 22.5. The molecule has 47 heavy (non-hydrogen) atoms. The molecule has 11 heteroatoms. The number of carboxylic acid groups (broad SMARTS) is 1. The van der Waals surface area contributed by atoms with Gasteiger partial charge in [-0.25, -0.2) is 9.59 Å². The molecule has 0 aliphatic carbocycles. The fraction of sp³-hybridized carbons (Fsp3) is 0.389. The van der Waals surface area contributed by atoms with Crippen LogP contribution in [0, 0.1) is 6.92 Å². The minimum absolute atomic E-state index is 0.0893. The Kier molecular flexibility index (Phi) is 10.0. The number of alkyl carbamates (subject to hydrolysis) is 1. The molecule has 5 rings (SSSR count). The zero-order valence-electron chi connectivity index (χ0n) is 27.3. The molecule has 1 unspecified atom stereocenters. The lowest BCUT2D eigenvalue weighted by atomic mass is 9.91. The predicted octanol–water partition coefficient (Wildman–Crippen LogP) is 5.56. The highest BCUT2D eigenvalue weighted by Gasteiger charge is 2.46. The van der Waals surface area contributed by atoms with Crippen LogP contribution in [0.15, 0.2) is 72.8 Å². The Balaban J connectivity index is 1.43. The van der Waals surface area contributed by atoms with Gasteiger partial charge in [0.05, 0.1) is 11.7 Å². The molecule has 2 atom stereocenters. The third-order valence-corrected chi connectivity index (χ3v) is 8.79. The topological polar surface area (TPSA) is 129 Å². The first-order valence-electron chi connectivity index (χ1n) is 16.0. The number of carbonyl (C=O) groups excluding carboxylic acids is 3. The van der Waals surface area contributed by atoms with E-state index in [0.29, 0.717) is 47.5 Å². The number of likely N-dealkylation sites (tertiary alicyclic amines) is 1. The predicted molar refractivity (Wildman–Crippen MR) is 177 cm³/mol. The van der Waals surface area contributed by atoms with E-state index < -0.39 is 17.8 Å². The number of piperidine rings is 1.